The highest BCUT2D eigenvalue weighted by Crippen LogP contribution is 2.43. The highest BCUT2D eigenvalue weighted by atomic mass is 32.5. The molecule has 0 heterocycles. The molecule has 0 aliphatic carbocycles. The van der Waals surface area contributed by atoms with Crippen LogP contribution in [0.15, 0.2) is 24.3 Å². The van der Waals surface area contributed by atoms with Crippen LogP contribution in [-0.4, -0.2) is 9.79 Å². The monoisotopic (exact) mass is 258 g/mol. The van der Waals surface area contributed by atoms with Crippen molar-refractivity contribution < 1.29 is 27.5 Å². The second-order valence-corrected chi connectivity index (χ2v) is 5.17. The normalized spacial score (nSPS) is 12.6. The molecule has 0 saturated carbocycles. The lowest BCUT2D eigenvalue weighted by atomic mass is 10.2. The maximum Gasteiger partial charge on any atom is 0.419 e. The zero-order valence-electron chi connectivity index (χ0n) is 7.10. The van der Waals surface area contributed by atoms with Gasteiger partial charge >= 0.3 is 12.9 Å². The van der Waals surface area contributed by atoms with Gasteiger partial charge in [0.25, 0.3) is 0 Å². The Kier molecular flexibility index (Phi) is 3.40. The molecule has 1 rings (SSSR count). The smallest absolute Gasteiger partial charge is 0.419 e. The fraction of sp³-hybridized carbons (Fsp3) is 0.143. The molecule has 0 saturated heterocycles. The van der Waals surface area contributed by atoms with E-state index in [-0.39, 0.29) is 0 Å². The van der Waals surface area contributed by atoms with Crippen molar-refractivity contribution in [3.05, 3.63) is 29.8 Å². The number of halogens is 3. The predicted octanol–water partition coefficient (Wildman–Crippen LogP) is 2.29. The zero-order chi connectivity index (χ0) is 11.7. The number of alkyl halides is 3. The van der Waals surface area contributed by atoms with Crippen LogP contribution >= 0.6 is 6.72 Å². The first kappa shape index (κ1) is 12.4. The van der Waals surface area contributed by atoms with E-state index in [4.69, 9.17) is 9.79 Å². The molecule has 84 valence electrons. The standard InChI is InChI=1S/C7H6F3O3PS/c8-7(9,10)5-3-1-2-4-6(5)13-14(11,12)15/h1-4H,(H2,11,12,15). The molecule has 1 aromatic rings. The fourth-order valence-corrected chi connectivity index (χ4v) is 1.56. The number of hydrogen-bond donors (Lipinski definition) is 2. The van der Waals surface area contributed by atoms with Crippen molar-refractivity contribution in [3.8, 4) is 5.75 Å². The van der Waals surface area contributed by atoms with E-state index in [9.17, 15) is 13.2 Å². The molecule has 0 bridgehead atoms. The summed E-state index contributed by atoms with van der Waals surface area (Å²) < 4.78 is 41.4. The van der Waals surface area contributed by atoms with Crippen molar-refractivity contribution in [2.45, 2.75) is 6.18 Å². The minimum Gasteiger partial charge on any atom is -0.424 e. The van der Waals surface area contributed by atoms with Crippen molar-refractivity contribution in [3.63, 3.8) is 0 Å². The minimum absolute atomic E-state index is 0.682. The van der Waals surface area contributed by atoms with Gasteiger partial charge in [-0.05, 0) is 12.1 Å². The summed E-state index contributed by atoms with van der Waals surface area (Å²) >= 11 is 4.08. The molecule has 0 aromatic heterocycles. The lowest BCUT2D eigenvalue weighted by Crippen LogP contribution is -2.07. The van der Waals surface area contributed by atoms with Gasteiger partial charge in [0.1, 0.15) is 5.75 Å². The number of rotatable bonds is 2. The van der Waals surface area contributed by atoms with E-state index in [1.807, 2.05) is 0 Å². The van der Waals surface area contributed by atoms with Crippen LogP contribution in [0.1, 0.15) is 5.56 Å². The summed E-state index contributed by atoms with van der Waals surface area (Å²) in [5.41, 5.74) is -1.10. The maximum atomic E-state index is 12.4. The van der Waals surface area contributed by atoms with Crippen molar-refractivity contribution in [2.75, 3.05) is 0 Å². The summed E-state index contributed by atoms with van der Waals surface area (Å²) in [5.74, 6) is -0.682. The van der Waals surface area contributed by atoms with Crippen molar-refractivity contribution in [2.24, 2.45) is 0 Å². The molecule has 3 nitrogen and oxygen atoms in total. The molecule has 0 amide bonds. The highest BCUT2D eigenvalue weighted by Gasteiger charge is 2.35. The van der Waals surface area contributed by atoms with Gasteiger partial charge in [-0.15, -0.1) is 0 Å². The first-order valence-corrected chi connectivity index (χ1v) is 6.24. The van der Waals surface area contributed by atoms with Crippen molar-refractivity contribution in [1.29, 1.82) is 0 Å². The Balaban J connectivity index is 3.14. The van der Waals surface area contributed by atoms with E-state index < -0.39 is 24.2 Å². The first-order chi connectivity index (χ1) is 6.70. The van der Waals surface area contributed by atoms with Crippen LogP contribution in [0.3, 0.4) is 0 Å². The van der Waals surface area contributed by atoms with Crippen LogP contribution in [0.4, 0.5) is 13.2 Å². The third-order valence-electron chi connectivity index (χ3n) is 1.41. The molecule has 0 atom stereocenters. The van der Waals surface area contributed by atoms with Crippen LogP contribution in [0.5, 0.6) is 5.75 Å². The number of hydrogen-bond acceptors (Lipinski definition) is 2. The topological polar surface area (TPSA) is 49.7 Å². The van der Waals surface area contributed by atoms with E-state index in [2.05, 4.69) is 16.3 Å². The Morgan fingerprint density at radius 1 is 1.20 bits per heavy atom. The van der Waals surface area contributed by atoms with Gasteiger partial charge in [-0.1, -0.05) is 12.1 Å². The molecular weight excluding hydrogens is 252 g/mol. The predicted molar refractivity (Wildman–Crippen MR) is 50.8 cm³/mol. The lowest BCUT2D eigenvalue weighted by molar-refractivity contribution is -0.138. The van der Waals surface area contributed by atoms with E-state index in [1.165, 1.54) is 6.07 Å². The quantitative estimate of drug-likeness (QED) is 0.799. The first-order valence-electron chi connectivity index (χ1n) is 3.61. The molecule has 0 unspecified atom stereocenters. The van der Waals surface area contributed by atoms with Gasteiger partial charge in [0.2, 0.25) is 0 Å². The zero-order valence-corrected chi connectivity index (χ0v) is 8.81. The summed E-state index contributed by atoms with van der Waals surface area (Å²) in [6.45, 7) is -4.15. The van der Waals surface area contributed by atoms with Crippen LogP contribution in [0.2, 0.25) is 0 Å². The van der Waals surface area contributed by atoms with Gasteiger partial charge in [0, 0.05) is 11.8 Å². The molecule has 0 spiro atoms. The van der Waals surface area contributed by atoms with Gasteiger partial charge in [0.15, 0.2) is 0 Å². The Labute approximate surface area is 88.4 Å². The molecule has 0 fully saturated rings. The molecular formula is C7H6F3O3PS. The van der Waals surface area contributed by atoms with E-state index in [0.717, 1.165) is 18.2 Å². The second kappa shape index (κ2) is 4.09. The van der Waals surface area contributed by atoms with Crippen molar-refractivity contribution in [1.82, 2.24) is 0 Å². The van der Waals surface area contributed by atoms with Crippen LogP contribution in [-0.2, 0) is 18.0 Å². The summed E-state index contributed by atoms with van der Waals surface area (Å²) in [6.07, 6.45) is -4.62. The Morgan fingerprint density at radius 3 is 2.20 bits per heavy atom. The summed E-state index contributed by atoms with van der Waals surface area (Å²) in [6, 6.07) is 4.17. The fourth-order valence-electron chi connectivity index (χ4n) is 0.909. The van der Waals surface area contributed by atoms with Crippen LogP contribution in [0.25, 0.3) is 0 Å². The van der Waals surface area contributed by atoms with Crippen molar-refractivity contribution >= 4 is 18.5 Å². The SMILES string of the molecule is OP(O)(=S)Oc1ccccc1C(F)(F)F. The Hall–Kier alpha value is -0.620. The van der Waals surface area contributed by atoms with Gasteiger partial charge in [-0.2, -0.15) is 13.2 Å². The maximum absolute atomic E-state index is 12.4. The third-order valence-corrected chi connectivity index (χ3v) is 2.07. The number of benzene rings is 1. The minimum atomic E-state index is -4.62. The summed E-state index contributed by atoms with van der Waals surface area (Å²) in [5, 5.41) is 0. The molecule has 0 radical (unpaired) electrons. The Morgan fingerprint density at radius 2 is 1.73 bits per heavy atom. The lowest BCUT2D eigenvalue weighted by Gasteiger charge is -2.15. The number of para-hydroxylation sites is 1. The summed E-state index contributed by atoms with van der Waals surface area (Å²) in [4.78, 5) is 17.5. The van der Waals surface area contributed by atoms with Gasteiger partial charge in [-0.3, -0.25) is 0 Å². The van der Waals surface area contributed by atoms with Gasteiger partial charge in [0.05, 0.1) is 5.56 Å². The van der Waals surface area contributed by atoms with E-state index >= 15 is 0 Å². The van der Waals surface area contributed by atoms with Crippen LogP contribution < -0.4 is 4.52 Å². The Bertz CT molecular complexity index is 401. The van der Waals surface area contributed by atoms with Crippen LogP contribution in [0, 0.1) is 0 Å². The highest BCUT2D eigenvalue weighted by molar-refractivity contribution is 8.06. The second-order valence-electron chi connectivity index (χ2n) is 2.58. The van der Waals surface area contributed by atoms with Gasteiger partial charge in [-0.25, -0.2) is 0 Å². The summed E-state index contributed by atoms with van der Waals surface area (Å²) in [7, 11) is 0. The van der Waals surface area contributed by atoms with E-state index in [0.29, 0.717) is 0 Å². The average Bonchev–Trinajstić information content (AvgIpc) is 1.99. The molecule has 0 aliphatic rings. The third kappa shape index (κ3) is 3.79. The van der Waals surface area contributed by atoms with E-state index in [1.54, 1.807) is 0 Å². The molecule has 15 heavy (non-hydrogen) atoms. The molecule has 2 N–H and O–H groups in total. The molecule has 0 aliphatic heterocycles. The van der Waals surface area contributed by atoms with Gasteiger partial charge < -0.3 is 14.3 Å². The average molecular weight is 258 g/mol. The molecule has 8 heteroatoms. The largest absolute Gasteiger partial charge is 0.424 e. The molecule has 1 aromatic carbocycles.